The number of piperazine rings is 1. The number of para-hydroxylation sites is 1. The van der Waals surface area contributed by atoms with Crippen LogP contribution in [-0.2, 0) is 9.59 Å². The zero-order chi connectivity index (χ0) is 30.0. The van der Waals surface area contributed by atoms with E-state index in [4.69, 9.17) is 12.6 Å². The van der Waals surface area contributed by atoms with Gasteiger partial charge < -0.3 is 41.1 Å². The fraction of sp³-hybridized carbons (Fsp3) is 0.320. The van der Waals surface area contributed by atoms with Crippen molar-refractivity contribution < 1.29 is 34.1 Å². The summed E-state index contributed by atoms with van der Waals surface area (Å²) in [7, 11) is 6.53. The predicted octanol–water partition coefficient (Wildman–Crippen LogP) is -0.233. The highest BCUT2D eigenvalue weighted by atomic mass is 32.1. The first-order valence-electron chi connectivity index (χ1n) is 12.7. The van der Waals surface area contributed by atoms with Crippen molar-refractivity contribution in [2.24, 2.45) is 5.92 Å². The summed E-state index contributed by atoms with van der Waals surface area (Å²) in [5, 5.41) is 37.2. The molecule has 15 nitrogen and oxygen atoms in total. The van der Waals surface area contributed by atoms with Crippen LogP contribution in [0.3, 0.4) is 0 Å². The number of hydrogen-bond acceptors (Lipinski definition) is 12. The van der Waals surface area contributed by atoms with Crippen molar-refractivity contribution >= 4 is 60.0 Å². The molecule has 2 aromatic heterocycles. The summed E-state index contributed by atoms with van der Waals surface area (Å²) in [6, 6.07) is 6.42. The van der Waals surface area contributed by atoms with E-state index < -0.39 is 11.7 Å². The summed E-state index contributed by atoms with van der Waals surface area (Å²) < 4.78 is 5.67. The summed E-state index contributed by atoms with van der Waals surface area (Å²) >= 11 is 1.12. The summed E-state index contributed by atoms with van der Waals surface area (Å²) in [5.41, 5.74) is 0.536. The monoisotopic (exact) mass is 592 g/mol. The Morgan fingerprint density at radius 1 is 1.21 bits per heavy atom. The predicted molar refractivity (Wildman–Crippen MR) is 150 cm³/mol. The Morgan fingerprint density at radius 3 is 2.69 bits per heavy atom. The van der Waals surface area contributed by atoms with Crippen LogP contribution in [0.1, 0.15) is 33.0 Å². The number of carbonyl (C=O) groups excluding carboxylic acids is 4. The average molecular weight is 592 g/mol. The Balaban J connectivity index is 1.45. The topological polar surface area (TPSA) is 208 Å². The minimum Gasteiger partial charge on any atom is -0.494 e. The maximum Gasteiger partial charge on any atom is 0.277 e. The van der Waals surface area contributed by atoms with E-state index in [1.807, 2.05) is 0 Å². The van der Waals surface area contributed by atoms with Gasteiger partial charge in [0.25, 0.3) is 11.8 Å². The second-order valence-corrected chi connectivity index (χ2v) is 10.6. The molecule has 1 aromatic carbocycles. The highest BCUT2D eigenvalue weighted by Gasteiger charge is 2.31. The number of ether oxygens (including phenoxy) is 1. The van der Waals surface area contributed by atoms with Gasteiger partial charge in [0.15, 0.2) is 30.9 Å². The number of thiazole rings is 1. The Bertz CT molecular complexity index is 1560. The summed E-state index contributed by atoms with van der Waals surface area (Å²) in [6.45, 7) is 0.722. The fourth-order valence-electron chi connectivity index (χ4n) is 4.15. The molecule has 3 aromatic rings. The minimum absolute atomic E-state index is 0.0340. The second kappa shape index (κ2) is 11.7. The number of nitrogens with one attached hydrogen (secondary N) is 4. The smallest absolute Gasteiger partial charge is 0.277 e. The van der Waals surface area contributed by atoms with Gasteiger partial charge in [-0.15, -0.1) is 21.5 Å². The Morgan fingerprint density at radius 2 is 2.00 bits per heavy atom. The first-order chi connectivity index (χ1) is 20.0. The van der Waals surface area contributed by atoms with Crippen LogP contribution in [0.15, 0.2) is 30.5 Å². The van der Waals surface area contributed by atoms with Crippen molar-refractivity contribution in [3.63, 3.8) is 0 Å². The average Bonchev–Trinajstić information content (AvgIpc) is 3.68. The van der Waals surface area contributed by atoms with E-state index in [-0.39, 0.29) is 47.4 Å². The molecule has 216 valence electrons. The number of carbonyl (C=O) groups is 4. The van der Waals surface area contributed by atoms with Crippen LogP contribution >= 0.6 is 11.3 Å². The third kappa shape index (κ3) is 6.64. The Labute approximate surface area is 244 Å². The summed E-state index contributed by atoms with van der Waals surface area (Å²) in [6.07, 6.45) is 2.96. The molecule has 1 saturated heterocycles. The number of anilines is 3. The lowest BCUT2D eigenvalue weighted by Gasteiger charge is -2.25. The normalized spacial score (nSPS) is 15.0. The van der Waals surface area contributed by atoms with Crippen LogP contribution < -0.4 is 26.0 Å². The number of methoxy groups -OCH3 is 1. The zero-order valence-corrected chi connectivity index (χ0v) is 23.0. The quantitative estimate of drug-likeness (QED) is 0.141. The number of amides is 4. The molecule has 1 aliphatic carbocycles. The first kappa shape index (κ1) is 28.9. The lowest BCUT2D eigenvalue weighted by molar-refractivity contribution is -0.123. The number of nitrogens with zero attached hydrogens (tertiary/aromatic N) is 4. The number of aromatic nitrogens is 3. The van der Waals surface area contributed by atoms with Crippen molar-refractivity contribution in [1.29, 1.82) is 0 Å². The van der Waals surface area contributed by atoms with Gasteiger partial charge in [-0.05, 0) is 25.0 Å². The van der Waals surface area contributed by atoms with Crippen molar-refractivity contribution in [1.82, 2.24) is 30.7 Å². The lowest BCUT2D eigenvalue weighted by Crippen LogP contribution is -2.49. The van der Waals surface area contributed by atoms with Gasteiger partial charge in [-0.3, -0.25) is 19.2 Å². The Kier molecular flexibility index (Phi) is 8.06. The lowest BCUT2D eigenvalue weighted by atomic mass is 10.0. The van der Waals surface area contributed by atoms with Crippen molar-refractivity contribution in [3.05, 3.63) is 41.0 Å². The van der Waals surface area contributed by atoms with Gasteiger partial charge in [-0.2, -0.15) is 0 Å². The van der Waals surface area contributed by atoms with Crippen LogP contribution in [-0.4, -0.2) is 94.3 Å². The molecular formula is C25H25BN8O7S. The van der Waals surface area contributed by atoms with Gasteiger partial charge in [0.1, 0.15) is 9.88 Å². The van der Waals surface area contributed by atoms with Gasteiger partial charge in [0.05, 0.1) is 36.8 Å². The molecule has 6 N–H and O–H groups in total. The number of hydrogen-bond donors (Lipinski definition) is 6. The maximum absolute atomic E-state index is 13.0. The first-order valence-corrected chi connectivity index (χ1v) is 13.5. The maximum atomic E-state index is 13.0. The van der Waals surface area contributed by atoms with Crippen molar-refractivity contribution in [2.45, 2.75) is 18.7 Å². The van der Waals surface area contributed by atoms with E-state index in [0.29, 0.717) is 40.0 Å². The summed E-state index contributed by atoms with van der Waals surface area (Å²) in [5.74, 6) is -4.64. The van der Waals surface area contributed by atoms with Gasteiger partial charge in [0.2, 0.25) is 11.8 Å². The molecule has 4 amide bonds. The molecule has 42 heavy (non-hydrogen) atoms. The third-order valence-electron chi connectivity index (χ3n) is 6.27. The highest BCUT2D eigenvalue weighted by Crippen LogP contribution is 2.40. The Hall–Kier alpha value is -4.61. The van der Waals surface area contributed by atoms with Crippen LogP contribution in [0.4, 0.5) is 17.2 Å². The molecule has 0 atom stereocenters. The van der Waals surface area contributed by atoms with Crippen LogP contribution in [0.5, 0.6) is 5.75 Å². The minimum atomic E-state index is -3.02. The van der Waals surface area contributed by atoms with Crippen LogP contribution in [0.2, 0.25) is 0 Å². The SMILES string of the molecule is [B]C(O)(O)NC(=O)c1nnc(NC(=O)C2CC2)cc1Nc1cccc(-c2ncc(C(=O)N3CCNC(=O)C3)s2)c1OC. The van der Waals surface area contributed by atoms with Gasteiger partial charge >= 0.3 is 0 Å². The van der Waals surface area contributed by atoms with E-state index in [2.05, 4.69) is 31.1 Å². The van der Waals surface area contributed by atoms with Gasteiger partial charge in [-0.1, -0.05) is 6.07 Å². The van der Waals surface area contributed by atoms with E-state index >= 15 is 0 Å². The van der Waals surface area contributed by atoms with E-state index in [1.165, 1.54) is 24.3 Å². The van der Waals surface area contributed by atoms with E-state index in [0.717, 1.165) is 24.2 Å². The van der Waals surface area contributed by atoms with E-state index in [9.17, 15) is 29.4 Å². The molecule has 2 radical (unpaired) electrons. The van der Waals surface area contributed by atoms with Gasteiger partial charge in [0, 0.05) is 25.1 Å². The molecule has 0 unspecified atom stereocenters. The standard InChI is InChI=1S/C25H25BN8O7S/c1-41-20-13(23-28-10-16(42-23)24(38)34-8-7-27-18(35)11-34)3-2-4-14(20)29-15-9-17(30-21(36)12-5-6-12)32-33-19(15)22(37)31-25(26,39)40/h2-4,9-10,12,39-40H,5-8,11H2,1H3,(H,27,35)(H,31,37)(H2,29,30,32,36). The van der Waals surface area contributed by atoms with Crippen LogP contribution in [0.25, 0.3) is 10.6 Å². The molecule has 5 rings (SSSR count). The molecule has 0 bridgehead atoms. The number of rotatable bonds is 9. The third-order valence-corrected chi connectivity index (χ3v) is 7.29. The fourth-order valence-corrected chi connectivity index (χ4v) is 5.06. The molecule has 2 aliphatic rings. The zero-order valence-electron chi connectivity index (χ0n) is 22.2. The molecule has 0 spiro atoms. The molecule has 2 fully saturated rings. The number of benzene rings is 1. The largest absolute Gasteiger partial charge is 0.494 e. The van der Waals surface area contributed by atoms with E-state index in [1.54, 1.807) is 23.5 Å². The second-order valence-electron chi connectivity index (χ2n) is 9.55. The summed E-state index contributed by atoms with van der Waals surface area (Å²) in [4.78, 5) is 55.9. The molecule has 17 heteroatoms. The molecular weight excluding hydrogens is 567 g/mol. The molecule has 1 saturated carbocycles. The van der Waals surface area contributed by atoms with Gasteiger partial charge in [-0.25, -0.2) is 4.98 Å². The molecule has 1 aliphatic heterocycles. The van der Waals surface area contributed by atoms with Crippen LogP contribution in [0, 0.1) is 5.92 Å². The molecule has 3 heterocycles. The van der Waals surface area contributed by atoms with Crippen molar-refractivity contribution in [3.8, 4) is 16.3 Å². The highest BCUT2D eigenvalue weighted by molar-refractivity contribution is 7.17. The number of aliphatic hydroxyl groups is 2. The van der Waals surface area contributed by atoms with Crippen molar-refractivity contribution in [2.75, 3.05) is 37.4 Å².